The number of anilines is 1. The molecule has 36 heavy (non-hydrogen) atoms. The van der Waals surface area contributed by atoms with E-state index in [1.807, 2.05) is 23.1 Å². The van der Waals surface area contributed by atoms with Gasteiger partial charge in [0.1, 0.15) is 11.4 Å². The molecule has 1 spiro atoms. The van der Waals surface area contributed by atoms with Gasteiger partial charge in [-0.3, -0.25) is 9.45 Å². The van der Waals surface area contributed by atoms with E-state index < -0.39 is 15.8 Å². The molecule has 1 aliphatic heterocycles. The van der Waals surface area contributed by atoms with Gasteiger partial charge in [-0.05, 0) is 68.2 Å². The van der Waals surface area contributed by atoms with Crippen LogP contribution >= 0.6 is 0 Å². The summed E-state index contributed by atoms with van der Waals surface area (Å²) in [6, 6.07) is 12.1. The lowest BCUT2D eigenvalue weighted by Crippen LogP contribution is -2.58. The lowest BCUT2D eigenvalue weighted by atomic mass is 9.84. The second-order valence-corrected chi connectivity index (χ2v) is 11.3. The van der Waals surface area contributed by atoms with Crippen molar-refractivity contribution in [1.82, 2.24) is 0 Å². The van der Waals surface area contributed by atoms with Crippen LogP contribution in [-0.2, 0) is 10.1 Å². The van der Waals surface area contributed by atoms with Crippen LogP contribution in [0.15, 0.2) is 57.3 Å². The first kappa shape index (κ1) is 24.6. The van der Waals surface area contributed by atoms with Crippen molar-refractivity contribution in [3.63, 3.8) is 0 Å². The molecule has 2 aliphatic carbocycles. The summed E-state index contributed by atoms with van der Waals surface area (Å²) in [4.78, 5) is 10.5. The van der Waals surface area contributed by atoms with Crippen molar-refractivity contribution in [3.05, 3.63) is 48.0 Å². The summed E-state index contributed by atoms with van der Waals surface area (Å²) in [6.07, 6.45) is 10.2. The van der Waals surface area contributed by atoms with Crippen LogP contribution in [0.25, 0.3) is 0 Å². The molecule has 5 rings (SSSR count). The summed E-state index contributed by atoms with van der Waals surface area (Å²) in [7, 11) is -4.46. The van der Waals surface area contributed by atoms with Crippen LogP contribution in [0.4, 0.5) is 5.69 Å². The van der Waals surface area contributed by atoms with E-state index in [-0.39, 0.29) is 22.6 Å². The summed E-state index contributed by atoms with van der Waals surface area (Å²) >= 11 is 0. The Morgan fingerprint density at radius 3 is 2.36 bits per heavy atom. The van der Waals surface area contributed by atoms with Crippen molar-refractivity contribution >= 4 is 27.7 Å². The van der Waals surface area contributed by atoms with Crippen molar-refractivity contribution < 1.29 is 17.7 Å². The summed E-state index contributed by atoms with van der Waals surface area (Å²) < 4.78 is 40.4. The van der Waals surface area contributed by atoms with Gasteiger partial charge < -0.3 is 16.2 Å². The molecular formula is C26H33N5O4S. The molecule has 2 fully saturated rings. The molecule has 2 saturated carbocycles. The fraction of sp³-hybridized carbons (Fsp3) is 0.462. The Kier molecular flexibility index (Phi) is 6.65. The molecular weight excluding hydrogens is 478 g/mol. The average molecular weight is 512 g/mol. The largest absolute Gasteiger partial charge is 0.455 e. The third-order valence-corrected chi connectivity index (χ3v) is 8.36. The second-order valence-electron chi connectivity index (χ2n) is 9.90. The zero-order valence-corrected chi connectivity index (χ0v) is 21.1. The summed E-state index contributed by atoms with van der Waals surface area (Å²) in [5.41, 5.74) is 13.4. The highest BCUT2D eigenvalue weighted by molar-refractivity contribution is 7.85. The third-order valence-electron chi connectivity index (χ3n) is 7.51. The molecule has 5 N–H and O–H groups in total. The Balaban J connectivity index is 1.62. The molecule has 10 heteroatoms. The molecule has 0 atom stereocenters. The standard InChI is InChI=1S/C26H33N5O4S/c27-24-29-25(28)31(26(30-24)15-7-2-8-16-26)21-14-13-19(36(32,33)34)17-23(21)35-22-12-6-5-11-20(22)18-9-3-1-4-10-18/h5-6,11-14,17-18H,1-4,7-10,15-16H2,(H,32,33,34)(H4,27,28,29,30). The molecule has 0 amide bonds. The molecule has 0 radical (unpaired) electrons. The lowest BCUT2D eigenvalue weighted by Gasteiger charge is -2.46. The first-order valence-electron chi connectivity index (χ1n) is 12.6. The third kappa shape index (κ3) is 4.79. The van der Waals surface area contributed by atoms with E-state index in [0.717, 1.165) is 50.5 Å². The second kappa shape index (κ2) is 9.74. The number of guanidine groups is 2. The minimum Gasteiger partial charge on any atom is -0.455 e. The minimum atomic E-state index is -4.46. The minimum absolute atomic E-state index is 0.130. The smallest absolute Gasteiger partial charge is 0.294 e. The highest BCUT2D eigenvalue weighted by atomic mass is 32.2. The summed E-state index contributed by atoms with van der Waals surface area (Å²) in [6.45, 7) is 0. The van der Waals surface area contributed by atoms with Crippen molar-refractivity contribution in [1.29, 1.82) is 0 Å². The average Bonchev–Trinajstić information content (AvgIpc) is 2.85. The van der Waals surface area contributed by atoms with E-state index in [4.69, 9.17) is 21.2 Å². The van der Waals surface area contributed by atoms with Crippen LogP contribution in [-0.4, -0.2) is 30.6 Å². The molecule has 2 aromatic carbocycles. The van der Waals surface area contributed by atoms with Gasteiger partial charge in [-0.2, -0.15) is 13.4 Å². The van der Waals surface area contributed by atoms with Gasteiger partial charge in [0.15, 0.2) is 5.75 Å². The fourth-order valence-corrected chi connectivity index (χ4v) is 6.33. The Morgan fingerprint density at radius 2 is 1.64 bits per heavy atom. The molecule has 0 unspecified atom stereocenters. The number of hydrogen-bond acceptors (Lipinski definition) is 8. The predicted molar refractivity (Wildman–Crippen MR) is 140 cm³/mol. The SMILES string of the molecule is NC1=NC2(CCCCC2)N(c2ccc(S(=O)(=O)O)cc2Oc2ccccc2C2CCCCC2)C(N)=N1. The van der Waals surface area contributed by atoms with Crippen LogP contribution < -0.4 is 21.1 Å². The highest BCUT2D eigenvalue weighted by Crippen LogP contribution is 2.46. The van der Waals surface area contributed by atoms with E-state index >= 15 is 0 Å². The maximum atomic E-state index is 12.0. The topological polar surface area (TPSA) is 144 Å². The zero-order valence-electron chi connectivity index (χ0n) is 20.3. The van der Waals surface area contributed by atoms with Gasteiger partial charge in [-0.25, -0.2) is 4.99 Å². The first-order valence-corrected chi connectivity index (χ1v) is 14.1. The van der Waals surface area contributed by atoms with Gasteiger partial charge in [0.2, 0.25) is 11.9 Å². The highest BCUT2D eigenvalue weighted by Gasteiger charge is 2.44. The van der Waals surface area contributed by atoms with Crippen molar-refractivity contribution in [3.8, 4) is 11.5 Å². The maximum absolute atomic E-state index is 12.0. The molecule has 0 saturated heterocycles. The molecule has 3 aliphatic rings. The Morgan fingerprint density at radius 1 is 0.944 bits per heavy atom. The van der Waals surface area contributed by atoms with Crippen molar-refractivity contribution in [2.45, 2.75) is 80.7 Å². The number of nitrogens with zero attached hydrogens (tertiary/aromatic N) is 3. The van der Waals surface area contributed by atoms with E-state index in [1.54, 1.807) is 6.07 Å². The summed E-state index contributed by atoms with van der Waals surface area (Å²) in [5.74, 6) is 1.59. The summed E-state index contributed by atoms with van der Waals surface area (Å²) in [5, 5.41) is 0. The number of para-hydroxylation sites is 1. The lowest BCUT2D eigenvalue weighted by molar-refractivity contribution is 0.304. The molecule has 1 heterocycles. The van der Waals surface area contributed by atoms with Crippen LogP contribution in [0.2, 0.25) is 0 Å². The molecule has 192 valence electrons. The Bertz CT molecular complexity index is 1300. The van der Waals surface area contributed by atoms with E-state index in [0.29, 0.717) is 17.4 Å². The number of hydrogen-bond donors (Lipinski definition) is 3. The van der Waals surface area contributed by atoms with E-state index in [9.17, 15) is 13.0 Å². The van der Waals surface area contributed by atoms with Gasteiger partial charge >= 0.3 is 0 Å². The normalized spacial score (nSPS) is 20.6. The number of ether oxygens (including phenoxy) is 1. The van der Waals surface area contributed by atoms with Crippen molar-refractivity contribution in [2.75, 3.05) is 4.90 Å². The predicted octanol–water partition coefficient (Wildman–Crippen LogP) is 4.88. The molecule has 0 aromatic heterocycles. The van der Waals surface area contributed by atoms with Gasteiger partial charge in [0.25, 0.3) is 10.1 Å². The molecule has 2 aromatic rings. The Labute approximate surface area is 212 Å². The molecule has 9 nitrogen and oxygen atoms in total. The zero-order chi connectivity index (χ0) is 25.3. The Hall–Kier alpha value is -3.11. The van der Waals surface area contributed by atoms with Crippen LogP contribution in [0.3, 0.4) is 0 Å². The number of benzene rings is 2. The van der Waals surface area contributed by atoms with Gasteiger partial charge in [-0.1, -0.05) is 43.9 Å². The number of aliphatic imine (C=N–C) groups is 2. The van der Waals surface area contributed by atoms with Gasteiger partial charge in [0, 0.05) is 6.07 Å². The van der Waals surface area contributed by atoms with Crippen molar-refractivity contribution in [2.24, 2.45) is 21.5 Å². The fourth-order valence-electron chi connectivity index (χ4n) is 5.83. The number of nitrogens with two attached hydrogens (primary N) is 2. The molecule has 0 bridgehead atoms. The van der Waals surface area contributed by atoms with Crippen LogP contribution in [0.5, 0.6) is 11.5 Å². The van der Waals surface area contributed by atoms with Crippen LogP contribution in [0, 0.1) is 0 Å². The van der Waals surface area contributed by atoms with Crippen LogP contribution in [0.1, 0.15) is 75.7 Å². The maximum Gasteiger partial charge on any atom is 0.294 e. The van der Waals surface area contributed by atoms with Gasteiger partial charge in [0.05, 0.1) is 10.6 Å². The van der Waals surface area contributed by atoms with E-state index in [1.165, 1.54) is 31.4 Å². The van der Waals surface area contributed by atoms with Gasteiger partial charge in [-0.15, -0.1) is 0 Å². The van der Waals surface area contributed by atoms with E-state index in [2.05, 4.69) is 11.1 Å². The monoisotopic (exact) mass is 511 g/mol. The quantitative estimate of drug-likeness (QED) is 0.485. The number of rotatable bonds is 5. The first-order chi connectivity index (χ1) is 17.3.